The van der Waals surface area contributed by atoms with Crippen molar-refractivity contribution < 1.29 is 14.3 Å². The molecule has 2 aliphatic carbocycles. The minimum absolute atomic E-state index is 0.122. The summed E-state index contributed by atoms with van der Waals surface area (Å²) in [5.74, 6) is 1.19. The van der Waals surface area contributed by atoms with Crippen molar-refractivity contribution in [2.24, 2.45) is 11.3 Å². The van der Waals surface area contributed by atoms with Gasteiger partial charge in [0.25, 0.3) is 0 Å². The van der Waals surface area contributed by atoms with E-state index in [0.29, 0.717) is 42.8 Å². The second-order valence-electron chi connectivity index (χ2n) is 7.96. The van der Waals surface area contributed by atoms with E-state index in [-0.39, 0.29) is 5.41 Å². The third-order valence-electron chi connectivity index (χ3n) is 6.39. The fourth-order valence-corrected chi connectivity index (χ4v) is 4.66. The Morgan fingerprint density at radius 3 is 2.70 bits per heavy atom. The number of rotatable bonds is 5. The van der Waals surface area contributed by atoms with Crippen molar-refractivity contribution in [2.45, 2.75) is 63.5 Å². The largest absolute Gasteiger partial charge is 0.385 e. The molecule has 4 aliphatic rings. The topological polar surface area (TPSA) is 49.9 Å². The molecule has 2 atom stereocenters. The number of ether oxygens (including phenoxy) is 1. The van der Waals surface area contributed by atoms with Crippen LogP contribution in [-0.2, 0) is 14.3 Å². The van der Waals surface area contributed by atoms with Crippen LogP contribution in [-0.4, -0.2) is 60.5 Å². The summed E-state index contributed by atoms with van der Waals surface area (Å²) in [7, 11) is 1.71. The van der Waals surface area contributed by atoms with E-state index >= 15 is 0 Å². The first-order chi connectivity index (χ1) is 11.1. The Labute approximate surface area is 138 Å². The molecular weight excluding hydrogens is 292 g/mol. The number of fused-ring (bicyclic) bond motifs is 1. The number of carbonyl (C=O) groups is 2. The Hall–Kier alpha value is -1.10. The van der Waals surface area contributed by atoms with Crippen molar-refractivity contribution in [1.29, 1.82) is 0 Å². The average Bonchev–Trinajstić information content (AvgIpc) is 3.46. The number of amides is 2. The van der Waals surface area contributed by atoms with E-state index in [4.69, 9.17) is 4.74 Å². The van der Waals surface area contributed by atoms with Gasteiger partial charge in [-0.1, -0.05) is 0 Å². The molecule has 0 unspecified atom stereocenters. The minimum Gasteiger partial charge on any atom is -0.385 e. The molecule has 0 aromatic carbocycles. The van der Waals surface area contributed by atoms with Gasteiger partial charge in [0.05, 0.1) is 5.41 Å². The predicted octanol–water partition coefficient (Wildman–Crippen LogP) is 1.80. The molecule has 0 bridgehead atoms. The van der Waals surface area contributed by atoms with Crippen LogP contribution in [0, 0.1) is 11.3 Å². The van der Waals surface area contributed by atoms with E-state index < -0.39 is 0 Å². The maximum atomic E-state index is 12.9. The monoisotopic (exact) mass is 320 g/mol. The Kier molecular flexibility index (Phi) is 3.87. The van der Waals surface area contributed by atoms with Gasteiger partial charge in [0.15, 0.2) is 0 Å². The molecule has 0 radical (unpaired) electrons. The van der Waals surface area contributed by atoms with Gasteiger partial charge in [0.1, 0.15) is 0 Å². The Morgan fingerprint density at radius 2 is 2.04 bits per heavy atom. The van der Waals surface area contributed by atoms with Gasteiger partial charge in [-0.05, 0) is 50.9 Å². The first kappa shape index (κ1) is 15.4. The number of methoxy groups -OCH3 is 1. The summed E-state index contributed by atoms with van der Waals surface area (Å²) in [6.45, 7) is 2.36. The van der Waals surface area contributed by atoms with Gasteiger partial charge in [0.2, 0.25) is 11.8 Å². The van der Waals surface area contributed by atoms with Crippen LogP contribution in [0.1, 0.15) is 51.4 Å². The average molecular weight is 320 g/mol. The molecule has 2 aliphatic heterocycles. The molecule has 4 fully saturated rings. The lowest BCUT2D eigenvalue weighted by Crippen LogP contribution is -2.58. The number of piperidine rings is 2. The van der Waals surface area contributed by atoms with Crippen LogP contribution < -0.4 is 0 Å². The Morgan fingerprint density at radius 1 is 1.26 bits per heavy atom. The standard InChI is InChI=1S/C18H28N2O3/c1-23-11-9-18(7-8-18)17(22)19-10-6-15-13(12-19)2-5-16(21)20(15)14-3-4-14/h13-15H,2-12H2,1H3/t13-,15-/m1/s1. The maximum Gasteiger partial charge on any atom is 0.228 e. The highest BCUT2D eigenvalue weighted by Crippen LogP contribution is 2.51. The van der Waals surface area contributed by atoms with Crippen LogP contribution in [0.2, 0.25) is 0 Å². The molecule has 0 N–H and O–H groups in total. The summed E-state index contributed by atoms with van der Waals surface area (Å²) in [5, 5.41) is 0. The van der Waals surface area contributed by atoms with E-state index in [1.165, 1.54) is 12.8 Å². The third-order valence-corrected chi connectivity index (χ3v) is 6.39. The zero-order valence-electron chi connectivity index (χ0n) is 14.1. The zero-order chi connectivity index (χ0) is 16.0. The van der Waals surface area contributed by atoms with E-state index in [1.54, 1.807) is 7.11 Å². The first-order valence-electron chi connectivity index (χ1n) is 9.24. The molecule has 5 nitrogen and oxygen atoms in total. The molecular formula is C18H28N2O3. The quantitative estimate of drug-likeness (QED) is 0.776. The predicted molar refractivity (Wildman–Crippen MR) is 85.7 cm³/mol. The highest BCUT2D eigenvalue weighted by Gasteiger charge is 2.53. The number of likely N-dealkylation sites (tertiary alicyclic amines) is 2. The lowest BCUT2D eigenvalue weighted by Gasteiger charge is -2.48. The number of carbonyl (C=O) groups excluding carboxylic acids is 2. The molecule has 0 aromatic rings. The molecule has 0 spiro atoms. The van der Waals surface area contributed by atoms with Gasteiger partial charge >= 0.3 is 0 Å². The molecule has 2 heterocycles. The van der Waals surface area contributed by atoms with Gasteiger partial charge < -0.3 is 14.5 Å². The molecule has 2 saturated heterocycles. The van der Waals surface area contributed by atoms with Crippen molar-refractivity contribution in [3.05, 3.63) is 0 Å². The van der Waals surface area contributed by atoms with Gasteiger partial charge in [-0.3, -0.25) is 9.59 Å². The van der Waals surface area contributed by atoms with Gasteiger partial charge in [-0.2, -0.15) is 0 Å². The third kappa shape index (κ3) is 2.77. The smallest absolute Gasteiger partial charge is 0.228 e. The summed E-state index contributed by atoms with van der Waals surface area (Å²) in [6.07, 6.45) is 7.86. The summed E-state index contributed by atoms with van der Waals surface area (Å²) >= 11 is 0. The fourth-order valence-electron chi connectivity index (χ4n) is 4.66. The van der Waals surface area contributed by atoms with Crippen molar-refractivity contribution in [1.82, 2.24) is 9.80 Å². The molecule has 5 heteroatoms. The molecule has 128 valence electrons. The Balaban J connectivity index is 1.41. The van der Waals surface area contributed by atoms with Gasteiger partial charge in [0, 0.05) is 45.3 Å². The SMILES string of the molecule is COCCC1(C(=O)N2CC[C@@H]3[C@H](CCC(=O)N3C3CC3)C2)CC1. The fraction of sp³-hybridized carbons (Fsp3) is 0.889. The summed E-state index contributed by atoms with van der Waals surface area (Å²) < 4.78 is 5.19. The zero-order valence-corrected chi connectivity index (χ0v) is 14.1. The minimum atomic E-state index is -0.122. The maximum absolute atomic E-state index is 12.9. The second-order valence-corrected chi connectivity index (χ2v) is 7.96. The van der Waals surface area contributed by atoms with Gasteiger partial charge in [-0.15, -0.1) is 0 Å². The number of nitrogens with zero attached hydrogens (tertiary/aromatic N) is 2. The lowest BCUT2D eigenvalue weighted by molar-refractivity contribution is -0.147. The molecule has 0 aromatic heterocycles. The molecule has 4 rings (SSSR count). The highest BCUT2D eigenvalue weighted by atomic mass is 16.5. The molecule has 2 amide bonds. The van der Waals surface area contributed by atoms with Crippen LogP contribution in [0.4, 0.5) is 0 Å². The van der Waals surface area contributed by atoms with Crippen molar-refractivity contribution in [2.75, 3.05) is 26.8 Å². The highest BCUT2D eigenvalue weighted by molar-refractivity contribution is 5.85. The summed E-state index contributed by atoms with van der Waals surface area (Å²) in [5.41, 5.74) is -0.122. The number of hydrogen-bond acceptors (Lipinski definition) is 3. The number of hydrogen-bond donors (Lipinski definition) is 0. The van der Waals surface area contributed by atoms with E-state index in [2.05, 4.69) is 9.80 Å². The molecule has 2 saturated carbocycles. The normalized spacial score (nSPS) is 32.7. The van der Waals surface area contributed by atoms with E-state index in [1.807, 2.05) is 0 Å². The van der Waals surface area contributed by atoms with Crippen LogP contribution in [0.25, 0.3) is 0 Å². The Bertz CT molecular complexity index is 498. The van der Waals surface area contributed by atoms with Crippen LogP contribution in [0.3, 0.4) is 0 Å². The van der Waals surface area contributed by atoms with Crippen molar-refractivity contribution >= 4 is 11.8 Å². The summed E-state index contributed by atoms with van der Waals surface area (Å²) in [4.78, 5) is 29.5. The summed E-state index contributed by atoms with van der Waals surface area (Å²) in [6, 6.07) is 0.899. The first-order valence-corrected chi connectivity index (χ1v) is 9.24. The van der Waals surface area contributed by atoms with Crippen LogP contribution >= 0.6 is 0 Å². The van der Waals surface area contributed by atoms with E-state index in [0.717, 1.165) is 45.2 Å². The van der Waals surface area contributed by atoms with Crippen molar-refractivity contribution in [3.8, 4) is 0 Å². The van der Waals surface area contributed by atoms with Crippen LogP contribution in [0.5, 0.6) is 0 Å². The second kappa shape index (κ2) is 5.76. The van der Waals surface area contributed by atoms with Crippen molar-refractivity contribution in [3.63, 3.8) is 0 Å². The van der Waals surface area contributed by atoms with Crippen LogP contribution in [0.15, 0.2) is 0 Å². The van der Waals surface area contributed by atoms with E-state index in [9.17, 15) is 9.59 Å². The molecule has 23 heavy (non-hydrogen) atoms. The lowest BCUT2D eigenvalue weighted by atomic mass is 9.82. The van der Waals surface area contributed by atoms with Gasteiger partial charge in [-0.25, -0.2) is 0 Å².